The van der Waals surface area contributed by atoms with Gasteiger partial charge in [0.25, 0.3) is 5.91 Å². The first kappa shape index (κ1) is 24.3. The maximum absolute atomic E-state index is 13.5. The molecule has 36 heavy (non-hydrogen) atoms. The van der Waals surface area contributed by atoms with Gasteiger partial charge in [-0.3, -0.25) is 14.4 Å². The number of hydrogen-bond acceptors (Lipinski definition) is 4. The molecule has 8 nitrogen and oxygen atoms in total. The number of hydrogen-bond donors (Lipinski definition) is 3. The van der Waals surface area contributed by atoms with E-state index in [2.05, 4.69) is 21.0 Å². The van der Waals surface area contributed by atoms with Gasteiger partial charge in [0.05, 0.1) is 11.4 Å². The number of amides is 3. The van der Waals surface area contributed by atoms with Crippen molar-refractivity contribution in [2.24, 2.45) is 0 Å². The first-order valence-electron chi connectivity index (χ1n) is 11.2. The Hall–Kier alpha value is -4.79. The summed E-state index contributed by atoms with van der Waals surface area (Å²) in [4.78, 5) is 36.1. The Morgan fingerprint density at radius 2 is 1.47 bits per heavy atom. The zero-order valence-electron chi connectivity index (χ0n) is 19.7. The third-order valence-electron chi connectivity index (χ3n) is 5.20. The lowest BCUT2D eigenvalue weighted by Crippen LogP contribution is -2.23. The van der Waals surface area contributed by atoms with Gasteiger partial charge in [-0.05, 0) is 54.6 Å². The molecule has 9 heteroatoms. The predicted octanol–water partition coefficient (Wildman–Crippen LogP) is 4.53. The van der Waals surface area contributed by atoms with Crippen LogP contribution in [0.1, 0.15) is 29.8 Å². The quantitative estimate of drug-likeness (QED) is 0.358. The highest BCUT2D eigenvalue weighted by atomic mass is 19.1. The average molecular weight is 486 g/mol. The monoisotopic (exact) mass is 485 g/mol. The van der Waals surface area contributed by atoms with E-state index in [-0.39, 0.29) is 29.7 Å². The number of nitrogens with one attached hydrogen (secondary N) is 3. The second kappa shape index (κ2) is 10.6. The number of halogens is 1. The van der Waals surface area contributed by atoms with Crippen LogP contribution in [-0.2, 0) is 16.1 Å². The van der Waals surface area contributed by atoms with Crippen molar-refractivity contribution in [3.8, 4) is 16.9 Å². The van der Waals surface area contributed by atoms with Crippen LogP contribution in [0.4, 0.5) is 15.8 Å². The van der Waals surface area contributed by atoms with E-state index in [1.54, 1.807) is 22.9 Å². The van der Waals surface area contributed by atoms with E-state index < -0.39 is 5.91 Å². The molecule has 3 aromatic carbocycles. The molecule has 4 aromatic rings. The molecule has 3 amide bonds. The van der Waals surface area contributed by atoms with Crippen LogP contribution in [0.3, 0.4) is 0 Å². The van der Waals surface area contributed by atoms with Crippen LogP contribution in [0.25, 0.3) is 16.9 Å². The summed E-state index contributed by atoms with van der Waals surface area (Å²) >= 11 is 0. The van der Waals surface area contributed by atoms with Gasteiger partial charge in [-0.1, -0.05) is 18.2 Å². The standard InChI is InChI=1S/C27H24FN5O3/c1-17(34)30-23-12-20(13-24(14-23)31-18(2)35)27(36)29-15-21-16-33(25-6-4-3-5-7-25)32-26(21)19-8-10-22(28)11-9-19/h3-14,16H,15H2,1-2H3,(H,29,36)(H,30,34)(H,31,35). The molecule has 0 radical (unpaired) electrons. The van der Waals surface area contributed by atoms with Gasteiger partial charge in [0, 0.05) is 54.7 Å². The topological polar surface area (TPSA) is 105 Å². The zero-order chi connectivity index (χ0) is 25.7. The van der Waals surface area contributed by atoms with E-state index in [0.717, 1.165) is 11.3 Å². The van der Waals surface area contributed by atoms with Gasteiger partial charge >= 0.3 is 0 Å². The van der Waals surface area contributed by atoms with Crippen LogP contribution in [0, 0.1) is 5.82 Å². The molecule has 0 saturated heterocycles. The highest BCUT2D eigenvalue weighted by molar-refractivity contribution is 6.00. The summed E-state index contributed by atoms with van der Waals surface area (Å²) in [7, 11) is 0. The average Bonchev–Trinajstić information content (AvgIpc) is 3.27. The molecule has 4 rings (SSSR count). The lowest BCUT2D eigenvalue weighted by Gasteiger charge is -2.11. The smallest absolute Gasteiger partial charge is 0.251 e. The Morgan fingerprint density at radius 3 is 2.06 bits per heavy atom. The first-order chi connectivity index (χ1) is 17.3. The molecule has 0 unspecified atom stereocenters. The zero-order valence-corrected chi connectivity index (χ0v) is 19.7. The van der Waals surface area contributed by atoms with Crippen molar-refractivity contribution < 1.29 is 18.8 Å². The SMILES string of the molecule is CC(=O)Nc1cc(NC(C)=O)cc(C(=O)NCc2cn(-c3ccccc3)nc2-c2ccc(F)cc2)c1. The Labute approximate surface area is 207 Å². The lowest BCUT2D eigenvalue weighted by molar-refractivity contribution is -0.115. The summed E-state index contributed by atoms with van der Waals surface area (Å²) < 4.78 is 15.2. The van der Waals surface area contributed by atoms with Crippen molar-refractivity contribution in [1.82, 2.24) is 15.1 Å². The second-order valence-electron chi connectivity index (χ2n) is 8.13. The largest absolute Gasteiger partial charge is 0.348 e. The molecular weight excluding hydrogens is 461 g/mol. The number of carbonyl (C=O) groups excluding carboxylic acids is 3. The molecule has 0 aliphatic carbocycles. The van der Waals surface area contributed by atoms with Crippen LogP contribution in [0.15, 0.2) is 79.0 Å². The molecule has 0 aliphatic rings. The number of anilines is 2. The van der Waals surface area contributed by atoms with E-state index in [9.17, 15) is 18.8 Å². The van der Waals surface area contributed by atoms with E-state index >= 15 is 0 Å². The van der Waals surface area contributed by atoms with E-state index in [0.29, 0.717) is 22.6 Å². The summed E-state index contributed by atoms with van der Waals surface area (Å²) in [5, 5.41) is 12.8. The fourth-order valence-electron chi connectivity index (χ4n) is 3.69. The van der Waals surface area contributed by atoms with Gasteiger partial charge in [0.15, 0.2) is 0 Å². The fourth-order valence-corrected chi connectivity index (χ4v) is 3.69. The summed E-state index contributed by atoms with van der Waals surface area (Å²) in [6.45, 7) is 2.84. The molecule has 0 fully saturated rings. The van der Waals surface area contributed by atoms with Gasteiger partial charge in [-0.15, -0.1) is 0 Å². The molecule has 1 aromatic heterocycles. The normalized spacial score (nSPS) is 10.5. The lowest BCUT2D eigenvalue weighted by atomic mass is 10.1. The Morgan fingerprint density at radius 1 is 0.861 bits per heavy atom. The summed E-state index contributed by atoms with van der Waals surface area (Å²) in [6.07, 6.45) is 1.81. The molecule has 1 heterocycles. The third-order valence-corrected chi connectivity index (χ3v) is 5.20. The van der Waals surface area contributed by atoms with Crippen molar-refractivity contribution in [2.75, 3.05) is 10.6 Å². The highest BCUT2D eigenvalue weighted by Crippen LogP contribution is 2.25. The van der Waals surface area contributed by atoms with Crippen LogP contribution in [0.5, 0.6) is 0 Å². The van der Waals surface area contributed by atoms with Crippen LogP contribution >= 0.6 is 0 Å². The number of benzene rings is 3. The van der Waals surface area contributed by atoms with Gasteiger partial charge in [0.1, 0.15) is 5.82 Å². The maximum Gasteiger partial charge on any atom is 0.251 e. The number of aromatic nitrogens is 2. The summed E-state index contributed by atoms with van der Waals surface area (Å²) in [6, 6.07) is 20.1. The number of para-hydroxylation sites is 1. The molecule has 182 valence electrons. The minimum atomic E-state index is -0.411. The van der Waals surface area contributed by atoms with Crippen molar-refractivity contribution >= 4 is 29.1 Å². The Kier molecular flexibility index (Phi) is 7.20. The van der Waals surface area contributed by atoms with E-state index in [1.165, 1.54) is 38.1 Å². The van der Waals surface area contributed by atoms with Gasteiger partial charge in [-0.2, -0.15) is 5.10 Å². The molecule has 0 aliphatic heterocycles. The van der Waals surface area contributed by atoms with Crippen molar-refractivity contribution in [3.63, 3.8) is 0 Å². The van der Waals surface area contributed by atoms with Gasteiger partial charge < -0.3 is 16.0 Å². The minimum absolute atomic E-state index is 0.137. The second-order valence-corrected chi connectivity index (χ2v) is 8.13. The van der Waals surface area contributed by atoms with Crippen LogP contribution in [0.2, 0.25) is 0 Å². The van der Waals surface area contributed by atoms with Crippen LogP contribution < -0.4 is 16.0 Å². The van der Waals surface area contributed by atoms with E-state index in [1.807, 2.05) is 36.5 Å². The molecule has 0 spiro atoms. The first-order valence-corrected chi connectivity index (χ1v) is 11.2. The molecule has 0 bridgehead atoms. The fraction of sp³-hybridized carbons (Fsp3) is 0.111. The number of carbonyl (C=O) groups is 3. The van der Waals surface area contributed by atoms with Gasteiger partial charge in [0.2, 0.25) is 11.8 Å². The van der Waals surface area contributed by atoms with Gasteiger partial charge in [-0.25, -0.2) is 9.07 Å². The van der Waals surface area contributed by atoms with Crippen molar-refractivity contribution in [2.45, 2.75) is 20.4 Å². The Balaban J connectivity index is 1.62. The van der Waals surface area contributed by atoms with Crippen molar-refractivity contribution in [3.05, 3.63) is 95.9 Å². The summed E-state index contributed by atoms with van der Waals surface area (Å²) in [5.74, 6) is -1.38. The van der Waals surface area contributed by atoms with E-state index in [4.69, 9.17) is 0 Å². The predicted molar refractivity (Wildman–Crippen MR) is 135 cm³/mol. The molecular formula is C27H24FN5O3. The highest BCUT2D eigenvalue weighted by Gasteiger charge is 2.15. The Bertz CT molecular complexity index is 1380. The maximum atomic E-state index is 13.5. The molecule has 3 N–H and O–H groups in total. The summed E-state index contributed by atoms with van der Waals surface area (Å²) in [5.41, 5.74) is 3.87. The third kappa shape index (κ3) is 6.01. The minimum Gasteiger partial charge on any atom is -0.348 e. The van der Waals surface area contributed by atoms with Crippen molar-refractivity contribution in [1.29, 1.82) is 0 Å². The molecule has 0 atom stereocenters. The number of nitrogens with zero attached hydrogens (tertiary/aromatic N) is 2. The molecule has 0 saturated carbocycles. The van der Waals surface area contributed by atoms with Crippen LogP contribution in [-0.4, -0.2) is 27.5 Å². The number of rotatable bonds is 7.